The van der Waals surface area contributed by atoms with Crippen LogP contribution in [0.25, 0.3) is 0 Å². The van der Waals surface area contributed by atoms with Gasteiger partial charge in [-0.25, -0.2) is 0 Å². The highest BCUT2D eigenvalue weighted by Gasteiger charge is 1.99. The van der Waals surface area contributed by atoms with Gasteiger partial charge in [0.2, 0.25) is 0 Å². The van der Waals surface area contributed by atoms with E-state index in [0.29, 0.717) is 5.02 Å². The van der Waals surface area contributed by atoms with Crippen molar-refractivity contribution in [1.29, 1.82) is 0 Å². The Hall–Kier alpha value is -0.340. The van der Waals surface area contributed by atoms with Gasteiger partial charge in [0.15, 0.2) is 5.15 Å². The van der Waals surface area contributed by atoms with Gasteiger partial charge in [0, 0.05) is 0 Å². The second-order valence-electron chi connectivity index (χ2n) is 1.63. The normalized spacial score (nSPS) is 9.67. The van der Waals surface area contributed by atoms with Gasteiger partial charge < -0.3 is 0 Å². The van der Waals surface area contributed by atoms with Crippen molar-refractivity contribution in [2.75, 3.05) is 0 Å². The van der Waals surface area contributed by atoms with E-state index >= 15 is 0 Å². The average Bonchev–Trinajstić information content (AvgIpc) is 1.83. The van der Waals surface area contributed by atoms with E-state index in [1.54, 1.807) is 6.20 Å². The van der Waals surface area contributed by atoms with Crippen LogP contribution in [0, 0.1) is 6.92 Å². The number of nitrogens with zero attached hydrogens (tertiary/aromatic N) is 2. The molecule has 1 aromatic heterocycles. The van der Waals surface area contributed by atoms with Gasteiger partial charge in [-0.3, -0.25) is 0 Å². The summed E-state index contributed by atoms with van der Waals surface area (Å²) in [4.78, 5) is 0. The van der Waals surface area contributed by atoms with Gasteiger partial charge in [-0.15, -0.1) is 5.10 Å². The van der Waals surface area contributed by atoms with Gasteiger partial charge in [0.1, 0.15) is 0 Å². The zero-order valence-electron chi connectivity index (χ0n) is 4.73. The van der Waals surface area contributed by atoms with Crippen molar-refractivity contribution in [3.8, 4) is 0 Å². The van der Waals surface area contributed by atoms with Crippen LogP contribution >= 0.6 is 23.2 Å². The van der Waals surface area contributed by atoms with Crippen molar-refractivity contribution in [2.24, 2.45) is 0 Å². The third-order valence-corrected chi connectivity index (χ3v) is 1.76. The number of hydrogen-bond acceptors (Lipinski definition) is 2. The van der Waals surface area contributed by atoms with Crippen LogP contribution in [0.3, 0.4) is 0 Å². The first-order valence-electron chi connectivity index (χ1n) is 2.35. The van der Waals surface area contributed by atoms with Crippen LogP contribution in [-0.4, -0.2) is 10.2 Å². The zero-order valence-corrected chi connectivity index (χ0v) is 6.24. The third kappa shape index (κ3) is 1.32. The molecule has 0 aliphatic rings. The number of halogens is 2. The molecule has 0 aliphatic carbocycles. The van der Waals surface area contributed by atoms with Crippen LogP contribution in [0.4, 0.5) is 0 Å². The maximum atomic E-state index is 5.64. The zero-order chi connectivity index (χ0) is 6.85. The minimum atomic E-state index is 0.261. The lowest BCUT2D eigenvalue weighted by molar-refractivity contribution is 1.02. The first-order valence-corrected chi connectivity index (χ1v) is 3.10. The fraction of sp³-hybridized carbons (Fsp3) is 0.200. The molecule has 48 valence electrons. The summed E-state index contributed by atoms with van der Waals surface area (Å²) in [5.41, 5.74) is 0.844. The summed E-state index contributed by atoms with van der Waals surface area (Å²) >= 11 is 11.2. The molecule has 0 fully saturated rings. The van der Waals surface area contributed by atoms with Gasteiger partial charge in [0.25, 0.3) is 0 Å². The van der Waals surface area contributed by atoms with Crippen LogP contribution in [0.5, 0.6) is 0 Å². The quantitative estimate of drug-likeness (QED) is 0.585. The molecule has 0 N–H and O–H groups in total. The molecule has 0 spiro atoms. The van der Waals surface area contributed by atoms with E-state index in [0.717, 1.165) is 5.56 Å². The van der Waals surface area contributed by atoms with Crippen molar-refractivity contribution < 1.29 is 0 Å². The molecule has 9 heavy (non-hydrogen) atoms. The van der Waals surface area contributed by atoms with Crippen molar-refractivity contribution >= 4 is 23.2 Å². The molecule has 0 atom stereocenters. The molecule has 0 radical (unpaired) electrons. The van der Waals surface area contributed by atoms with E-state index in [4.69, 9.17) is 23.2 Å². The minimum absolute atomic E-state index is 0.261. The molecular formula is C5H4Cl2N2. The molecule has 0 saturated carbocycles. The average molecular weight is 163 g/mol. The largest absolute Gasteiger partial charge is 0.170 e. The highest BCUT2D eigenvalue weighted by Crippen LogP contribution is 2.20. The molecule has 1 rings (SSSR count). The predicted molar refractivity (Wildman–Crippen MR) is 36.8 cm³/mol. The molecule has 1 heterocycles. The molecule has 4 heteroatoms. The second-order valence-corrected chi connectivity index (χ2v) is 2.37. The Kier molecular flexibility index (Phi) is 1.88. The number of rotatable bonds is 0. The smallest absolute Gasteiger partial charge is 0.157 e. The summed E-state index contributed by atoms with van der Waals surface area (Å²) in [6.07, 6.45) is 1.56. The maximum absolute atomic E-state index is 5.64. The first-order chi connectivity index (χ1) is 4.22. The summed E-state index contributed by atoms with van der Waals surface area (Å²) in [5.74, 6) is 0. The van der Waals surface area contributed by atoms with Gasteiger partial charge >= 0.3 is 0 Å². The van der Waals surface area contributed by atoms with E-state index in [-0.39, 0.29) is 5.15 Å². The molecule has 0 unspecified atom stereocenters. The van der Waals surface area contributed by atoms with Gasteiger partial charge in [-0.2, -0.15) is 5.10 Å². The van der Waals surface area contributed by atoms with Crippen molar-refractivity contribution in [2.45, 2.75) is 6.92 Å². The SMILES string of the molecule is Cc1cnnc(Cl)c1Cl. The maximum Gasteiger partial charge on any atom is 0.170 e. The molecule has 2 nitrogen and oxygen atoms in total. The lowest BCUT2D eigenvalue weighted by Crippen LogP contribution is -1.84. The molecule has 0 aromatic carbocycles. The summed E-state index contributed by atoms with van der Waals surface area (Å²) in [6, 6.07) is 0. The van der Waals surface area contributed by atoms with Crippen LogP contribution in [0.2, 0.25) is 10.2 Å². The fourth-order valence-electron chi connectivity index (χ4n) is 0.429. The molecule has 1 aromatic rings. The number of aryl methyl sites for hydroxylation is 1. The van der Waals surface area contributed by atoms with Crippen molar-refractivity contribution in [1.82, 2.24) is 10.2 Å². The van der Waals surface area contributed by atoms with Crippen LogP contribution in [0.1, 0.15) is 5.56 Å². The van der Waals surface area contributed by atoms with E-state index in [2.05, 4.69) is 10.2 Å². The number of hydrogen-bond donors (Lipinski definition) is 0. The van der Waals surface area contributed by atoms with Gasteiger partial charge in [-0.05, 0) is 12.5 Å². The lowest BCUT2D eigenvalue weighted by atomic mass is 10.4. The van der Waals surface area contributed by atoms with Crippen LogP contribution < -0.4 is 0 Å². The Morgan fingerprint density at radius 3 is 2.56 bits per heavy atom. The Labute approximate surface area is 62.8 Å². The molecule has 0 bridgehead atoms. The first kappa shape index (κ1) is 6.78. The van der Waals surface area contributed by atoms with Crippen molar-refractivity contribution in [3.05, 3.63) is 21.9 Å². The number of aromatic nitrogens is 2. The highest BCUT2D eigenvalue weighted by molar-refractivity contribution is 6.41. The lowest BCUT2D eigenvalue weighted by Gasteiger charge is -1.93. The Morgan fingerprint density at radius 2 is 2.11 bits per heavy atom. The van der Waals surface area contributed by atoms with Crippen molar-refractivity contribution in [3.63, 3.8) is 0 Å². The third-order valence-electron chi connectivity index (χ3n) is 0.924. The summed E-state index contributed by atoms with van der Waals surface area (Å²) in [7, 11) is 0. The van der Waals surface area contributed by atoms with Gasteiger partial charge in [0.05, 0.1) is 11.2 Å². The Balaban J connectivity index is 3.25. The molecule has 0 amide bonds. The van der Waals surface area contributed by atoms with Crippen LogP contribution in [-0.2, 0) is 0 Å². The molecular weight excluding hydrogens is 159 g/mol. The van der Waals surface area contributed by atoms with E-state index < -0.39 is 0 Å². The molecule has 0 aliphatic heterocycles. The summed E-state index contributed by atoms with van der Waals surface area (Å²) in [5, 5.41) is 7.84. The Morgan fingerprint density at radius 1 is 1.44 bits per heavy atom. The van der Waals surface area contributed by atoms with E-state index in [1.165, 1.54) is 0 Å². The summed E-state index contributed by atoms with van der Waals surface area (Å²) in [6.45, 7) is 1.82. The second kappa shape index (κ2) is 2.50. The topological polar surface area (TPSA) is 25.8 Å². The van der Waals surface area contributed by atoms with Crippen LogP contribution in [0.15, 0.2) is 6.20 Å². The molecule has 0 saturated heterocycles. The predicted octanol–water partition coefficient (Wildman–Crippen LogP) is 2.09. The fourth-order valence-corrected chi connectivity index (χ4v) is 0.709. The van der Waals surface area contributed by atoms with E-state index in [9.17, 15) is 0 Å². The monoisotopic (exact) mass is 162 g/mol. The minimum Gasteiger partial charge on any atom is -0.157 e. The summed E-state index contributed by atoms with van der Waals surface area (Å²) < 4.78 is 0. The van der Waals surface area contributed by atoms with Gasteiger partial charge in [-0.1, -0.05) is 23.2 Å². The van der Waals surface area contributed by atoms with E-state index in [1.807, 2.05) is 6.92 Å². The Bertz CT molecular complexity index is 204. The standard InChI is InChI=1S/C5H4Cl2N2/c1-3-2-8-9-5(7)4(3)6/h2H,1H3. The highest BCUT2D eigenvalue weighted by atomic mass is 35.5.